The van der Waals surface area contributed by atoms with Crippen LogP contribution in [0.4, 0.5) is 5.13 Å². The van der Waals surface area contributed by atoms with Crippen LogP contribution in [0.2, 0.25) is 0 Å². The minimum Gasteiger partial charge on any atom is -0.374 e. The Hall–Kier alpha value is -1.68. The average molecular weight is 274 g/mol. The zero-order valence-electron chi connectivity index (χ0n) is 8.67. The predicted octanol–water partition coefficient (Wildman–Crippen LogP) is -0.799. The van der Waals surface area contributed by atoms with Crippen LogP contribution in [0, 0.1) is 0 Å². The molecular formula is C7H8N5O3S2+. The third-order valence-electron chi connectivity index (χ3n) is 1.82. The first-order valence-corrected chi connectivity index (χ1v) is 6.20. The Morgan fingerprint density at radius 3 is 2.94 bits per heavy atom. The van der Waals surface area contributed by atoms with E-state index in [9.17, 15) is 9.59 Å². The van der Waals surface area contributed by atoms with E-state index in [2.05, 4.69) is 20.0 Å². The number of H-pyrrole nitrogens is 1. The normalized spacial score (nSPS) is 10.6. The number of carbonyl (C=O) groups is 1. The summed E-state index contributed by atoms with van der Waals surface area (Å²) < 4.78 is 6.30. The number of nitrogens with zero attached hydrogens (tertiary/aromatic N) is 3. The molecule has 0 unspecified atom stereocenters. The average Bonchev–Trinajstić information content (AvgIpc) is 2.83. The number of aromatic amines is 1. The molecule has 10 heteroatoms. The highest BCUT2D eigenvalue weighted by molar-refractivity contribution is 8.01. The molecule has 3 N–H and O–H groups in total. The number of hydrogen-bond donors (Lipinski definition) is 2. The Bertz CT molecular complexity index is 601. The van der Waals surface area contributed by atoms with Crippen molar-refractivity contribution in [1.82, 2.24) is 15.5 Å². The van der Waals surface area contributed by atoms with Crippen LogP contribution in [0.25, 0.3) is 0 Å². The van der Waals surface area contributed by atoms with Gasteiger partial charge in [0, 0.05) is 0 Å². The summed E-state index contributed by atoms with van der Waals surface area (Å²) in [5.41, 5.74) is 4.68. The van der Waals surface area contributed by atoms with E-state index in [0.717, 1.165) is 0 Å². The highest BCUT2D eigenvalue weighted by Crippen LogP contribution is 2.23. The third kappa shape index (κ3) is 2.53. The summed E-state index contributed by atoms with van der Waals surface area (Å²) in [4.78, 5) is 22.9. The summed E-state index contributed by atoms with van der Waals surface area (Å²) in [7, 11) is 1.52. The fourth-order valence-corrected chi connectivity index (χ4v) is 2.62. The Morgan fingerprint density at radius 1 is 1.65 bits per heavy atom. The number of nitrogens with one attached hydrogen (secondary N) is 1. The van der Waals surface area contributed by atoms with Gasteiger partial charge in [0.1, 0.15) is 0 Å². The minimum atomic E-state index is -0.685. The molecule has 0 aliphatic carbocycles. The summed E-state index contributed by atoms with van der Waals surface area (Å²) >= 11 is 2.36. The highest BCUT2D eigenvalue weighted by Gasteiger charge is 2.26. The van der Waals surface area contributed by atoms with Gasteiger partial charge in [-0.15, -0.1) is 10.2 Å². The first kappa shape index (κ1) is 11.8. The van der Waals surface area contributed by atoms with Gasteiger partial charge in [-0.25, -0.2) is 4.79 Å². The van der Waals surface area contributed by atoms with Crippen molar-refractivity contribution in [2.75, 3.05) is 11.5 Å². The first-order valence-electron chi connectivity index (χ1n) is 4.40. The monoisotopic (exact) mass is 274 g/mol. The number of rotatable bonds is 4. The number of nitrogen functional groups attached to an aromatic ring is 1. The van der Waals surface area contributed by atoms with Crippen molar-refractivity contribution < 1.29 is 14.0 Å². The minimum absolute atomic E-state index is 0.0324. The molecule has 0 radical (unpaired) electrons. The molecule has 2 aromatic rings. The third-order valence-corrected chi connectivity index (χ3v) is 3.70. The fourth-order valence-electron chi connectivity index (χ4n) is 1.12. The molecule has 0 aromatic carbocycles. The number of Topliss-reactive ketones (excluding diaryl/α,β-unsaturated/α-hetero) is 1. The van der Waals surface area contributed by atoms with Gasteiger partial charge in [0.05, 0.1) is 5.75 Å². The number of nitrogens with two attached hydrogens (primary N) is 1. The van der Waals surface area contributed by atoms with Crippen molar-refractivity contribution in [2.24, 2.45) is 7.05 Å². The number of carbonyl (C=O) groups excluding carboxylic acids is 1. The highest BCUT2D eigenvalue weighted by atomic mass is 32.2. The second kappa shape index (κ2) is 4.67. The van der Waals surface area contributed by atoms with Crippen molar-refractivity contribution in [1.29, 1.82) is 0 Å². The molecule has 90 valence electrons. The zero-order chi connectivity index (χ0) is 12.4. The van der Waals surface area contributed by atoms with Gasteiger partial charge in [-0.05, 0) is 5.27 Å². The number of aromatic nitrogens is 4. The van der Waals surface area contributed by atoms with E-state index in [1.54, 1.807) is 0 Å². The Morgan fingerprint density at radius 2 is 2.41 bits per heavy atom. The number of ketones is 1. The maximum absolute atomic E-state index is 11.7. The molecular weight excluding hydrogens is 266 g/mol. The van der Waals surface area contributed by atoms with Crippen LogP contribution in [0.3, 0.4) is 0 Å². The number of anilines is 1. The summed E-state index contributed by atoms with van der Waals surface area (Å²) in [6.07, 6.45) is 0. The van der Waals surface area contributed by atoms with Crippen LogP contribution < -0.4 is 16.0 Å². The van der Waals surface area contributed by atoms with Gasteiger partial charge < -0.3 is 5.73 Å². The molecule has 2 rings (SSSR count). The van der Waals surface area contributed by atoms with Crippen LogP contribution in [0.5, 0.6) is 0 Å². The van der Waals surface area contributed by atoms with E-state index in [0.29, 0.717) is 9.47 Å². The molecule has 0 spiro atoms. The molecule has 0 atom stereocenters. The molecule has 2 aromatic heterocycles. The van der Waals surface area contributed by atoms with Crippen molar-refractivity contribution in [2.45, 2.75) is 4.34 Å². The SMILES string of the molecule is C[n+]1[nH]oc(=O)c1C(=O)CSc1nnc(N)s1. The van der Waals surface area contributed by atoms with Crippen LogP contribution in [0.15, 0.2) is 13.7 Å². The quantitative estimate of drug-likeness (QED) is 0.425. The smallest absolute Gasteiger partial charge is 0.374 e. The lowest BCUT2D eigenvalue weighted by molar-refractivity contribution is -0.741. The Balaban J connectivity index is 2.05. The van der Waals surface area contributed by atoms with Gasteiger partial charge in [0.2, 0.25) is 10.9 Å². The van der Waals surface area contributed by atoms with E-state index in [4.69, 9.17) is 5.73 Å². The topological polar surface area (TPSA) is 119 Å². The number of thioether (sulfide) groups is 1. The van der Waals surface area contributed by atoms with Crippen molar-refractivity contribution >= 4 is 34.0 Å². The zero-order valence-corrected chi connectivity index (χ0v) is 10.3. The van der Waals surface area contributed by atoms with Crippen LogP contribution >= 0.6 is 23.1 Å². The summed E-state index contributed by atoms with van der Waals surface area (Å²) in [5.74, 6) is -0.272. The van der Waals surface area contributed by atoms with E-state index < -0.39 is 5.63 Å². The van der Waals surface area contributed by atoms with Gasteiger partial charge in [-0.2, -0.15) is 0 Å². The van der Waals surface area contributed by atoms with E-state index in [1.165, 1.54) is 34.8 Å². The summed E-state index contributed by atoms with van der Waals surface area (Å²) in [6, 6.07) is 0. The van der Waals surface area contributed by atoms with Crippen molar-refractivity contribution in [3.63, 3.8) is 0 Å². The molecule has 0 amide bonds. The lowest BCUT2D eigenvalue weighted by Crippen LogP contribution is -2.39. The molecule has 2 heterocycles. The van der Waals surface area contributed by atoms with E-state index in [1.807, 2.05) is 0 Å². The second-order valence-corrected chi connectivity index (χ2v) is 5.24. The predicted molar refractivity (Wildman–Crippen MR) is 59.9 cm³/mol. The Kier molecular flexibility index (Phi) is 3.24. The largest absolute Gasteiger partial charge is 0.438 e. The van der Waals surface area contributed by atoms with Crippen molar-refractivity contribution in [3.8, 4) is 0 Å². The maximum Gasteiger partial charge on any atom is 0.438 e. The lowest BCUT2D eigenvalue weighted by Gasteiger charge is -1.90. The van der Waals surface area contributed by atoms with Crippen LogP contribution in [-0.4, -0.2) is 27.0 Å². The standard InChI is InChI=1S/C7H7N5O3S2/c1-12-4(5(14)15-11-12)3(13)2-16-7-10-9-6(8)17-7/h2H2,1H3,(H2-,8,9,11,13,14)/p+1. The molecule has 0 fully saturated rings. The molecule has 8 nitrogen and oxygen atoms in total. The summed E-state index contributed by atoms with van der Waals surface area (Å²) in [6.45, 7) is 0. The molecule has 0 aliphatic heterocycles. The molecule has 17 heavy (non-hydrogen) atoms. The van der Waals surface area contributed by atoms with Gasteiger partial charge in [0.25, 0.3) is 0 Å². The van der Waals surface area contributed by atoms with Gasteiger partial charge in [-0.3, -0.25) is 9.32 Å². The number of aryl methyl sites for hydroxylation is 1. The lowest BCUT2D eigenvalue weighted by atomic mass is 10.3. The van der Waals surface area contributed by atoms with Crippen LogP contribution in [0.1, 0.15) is 10.5 Å². The first-order chi connectivity index (χ1) is 8.08. The fraction of sp³-hybridized carbons (Fsp3) is 0.286. The maximum atomic E-state index is 11.7. The van der Waals surface area contributed by atoms with E-state index >= 15 is 0 Å². The Labute approximate surface area is 103 Å². The second-order valence-electron chi connectivity index (χ2n) is 3.01. The van der Waals surface area contributed by atoms with Gasteiger partial charge >= 0.3 is 11.3 Å². The van der Waals surface area contributed by atoms with Gasteiger partial charge in [0.15, 0.2) is 11.4 Å². The van der Waals surface area contributed by atoms with Crippen molar-refractivity contribution in [3.05, 3.63) is 16.1 Å². The van der Waals surface area contributed by atoms with E-state index in [-0.39, 0.29) is 17.2 Å². The number of hydrogen-bond acceptors (Lipinski definition) is 8. The van der Waals surface area contributed by atoms with Gasteiger partial charge in [-0.1, -0.05) is 27.8 Å². The summed E-state index contributed by atoms with van der Waals surface area (Å²) in [5, 5.41) is 9.98. The molecule has 0 aliphatic rings. The molecule has 0 bridgehead atoms. The molecule has 0 saturated heterocycles. The van der Waals surface area contributed by atoms with Crippen LogP contribution in [-0.2, 0) is 7.05 Å². The molecule has 0 saturated carbocycles.